The Balaban J connectivity index is 1.71. The number of hydrogen-bond acceptors (Lipinski definition) is 5. The van der Waals surface area contributed by atoms with Crippen molar-refractivity contribution in [3.8, 4) is 0 Å². The van der Waals surface area contributed by atoms with Crippen LogP contribution in [0, 0.1) is 34.6 Å². The Morgan fingerprint density at radius 3 is 2.19 bits per heavy atom. The first-order chi connectivity index (χ1) is 17.5. The van der Waals surface area contributed by atoms with Crippen molar-refractivity contribution in [1.82, 2.24) is 10.3 Å². The highest BCUT2D eigenvalue weighted by atomic mass is 32.2. The smallest absolute Gasteiger partial charge is 0.265 e. The summed E-state index contributed by atoms with van der Waals surface area (Å²) in [6, 6.07) is 9.25. The van der Waals surface area contributed by atoms with Crippen LogP contribution in [0.2, 0.25) is 0 Å². The fourth-order valence-corrected chi connectivity index (χ4v) is 7.03. The van der Waals surface area contributed by atoms with E-state index in [4.69, 9.17) is 0 Å². The molecule has 1 aliphatic heterocycles. The second-order valence-corrected chi connectivity index (χ2v) is 11.2. The Bertz CT molecular complexity index is 1440. The number of para-hydroxylation sites is 2. The van der Waals surface area contributed by atoms with Crippen LogP contribution in [0.5, 0.6) is 0 Å². The minimum atomic E-state index is -4.20. The summed E-state index contributed by atoms with van der Waals surface area (Å²) in [6.45, 7) is 9.72. The van der Waals surface area contributed by atoms with Gasteiger partial charge in [-0.15, -0.1) is 0 Å². The van der Waals surface area contributed by atoms with Crippen molar-refractivity contribution in [2.24, 2.45) is 0 Å². The van der Waals surface area contributed by atoms with Gasteiger partial charge in [-0.05, 0) is 98.7 Å². The molecule has 194 valence electrons. The minimum Gasteiger partial charge on any atom is -0.356 e. The Hall–Kier alpha value is -3.72. The zero-order chi connectivity index (χ0) is 26.9. The molecule has 0 fully saturated rings. The van der Waals surface area contributed by atoms with E-state index in [1.165, 1.54) is 0 Å². The van der Waals surface area contributed by atoms with Gasteiger partial charge in [0.05, 0.1) is 22.7 Å². The number of carbonyl (C=O) groups is 2. The Labute approximate surface area is 218 Å². The predicted octanol–water partition coefficient (Wildman–Crippen LogP) is 3.89. The van der Waals surface area contributed by atoms with Crippen molar-refractivity contribution >= 4 is 33.2 Å². The molecule has 0 unspecified atom stereocenters. The molecule has 0 saturated heterocycles. The molecule has 8 nitrogen and oxygen atoms in total. The van der Waals surface area contributed by atoms with E-state index in [0.29, 0.717) is 35.5 Å². The van der Waals surface area contributed by atoms with Crippen molar-refractivity contribution in [3.05, 3.63) is 82.2 Å². The molecule has 0 spiro atoms. The fraction of sp³-hybridized carbons (Fsp3) is 0.321. The third-order valence-electron chi connectivity index (χ3n) is 7.30. The van der Waals surface area contributed by atoms with Gasteiger partial charge < -0.3 is 10.6 Å². The molecule has 0 saturated carbocycles. The van der Waals surface area contributed by atoms with Crippen molar-refractivity contribution in [1.29, 1.82) is 0 Å². The summed E-state index contributed by atoms with van der Waals surface area (Å²) >= 11 is 0. The summed E-state index contributed by atoms with van der Waals surface area (Å²) in [6.07, 6.45) is 3.65. The molecule has 1 aromatic heterocycles. The van der Waals surface area contributed by atoms with Crippen LogP contribution in [-0.2, 0) is 26.0 Å². The van der Waals surface area contributed by atoms with Crippen molar-refractivity contribution in [3.63, 3.8) is 0 Å². The molecule has 37 heavy (non-hydrogen) atoms. The lowest BCUT2D eigenvalue weighted by atomic mass is 9.95. The first-order valence-electron chi connectivity index (χ1n) is 12.2. The molecule has 4 rings (SSSR count). The predicted molar refractivity (Wildman–Crippen MR) is 144 cm³/mol. The number of rotatable bonds is 7. The average Bonchev–Trinajstić information content (AvgIpc) is 2.87. The maximum absolute atomic E-state index is 14.4. The summed E-state index contributed by atoms with van der Waals surface area (Å²) in [7, 11) is -4.20. The summed E-state index contributed by atoms with van der Waals surface area (Å²) in [5.41, 5.74) is 5.85. The quantitative estimate of drug-likeness (QED) is 0.491. The number of sulfonamides is 1. The number of carbonyl (C=O) groups excluding carboxylic acids is 2. The molecule has 2 amide bonds. The lowest BCUT2D eigenvalue weighted by Crippen LogP contribution is -2.53. The van der Waals surface area contributed by atoms with Gasteiger partial charge in [0.25, 0.3) is 10.0 Å². The number of aromatic nitrogens is 1. The van der Waals surface area contributed by atoms with E-state index in [0.717, 1.165) is 26.6 Å². The molecule has 2 N–H and O–H groups in total. The second kappa shape index (κ2) is 10.3. The van der Waals surface area contributed by atoms with Crippen LogP contribution >= 0.6 is 0 Å². The van der Waals surface area contributed by atoms with Crippen LogP contribution in [0.4, 0.5) is 11.4 Å². The monoisotopic (exact) mass is 520 g/mol. The van der Waals surface area contributed by atoms with Gasteiger partial charge in [0.15, 0.2) is 0 Å². The fourth-order valence-electron chi connectivity index (χ4n) is 4.83. The Morgan fingerprint density at radius 1 is 0.946 bits per heavy atom. The van der Waals surface area contributed by atoms with E-state index in [9.17, 15) is 18.0 Å². The number of hydrogen-bond donors (Lipinski definition) is 2. The zero-order valence-corrected chi connectivity index (χ0v) is 22.6. The number of anilines is 2. The molecule has 0 aliphatic carbocycles. The highest BCUT2D eigenvalue weighted by molar-refractivity contribution is 7.93. The third kappa shape index (κ3) is 4.96. The molecule has 0 radical (unpaired) electrons. The molecule has 2 heterocycles. The lowest BCUT2D eigenvalue weighted by Gasteiger charge is -2.37. The van der Waals surface area contributed by atoms with E-state index in [-0.39, 0.29) is 11.3 Å². The summed E-state index contributed by atoms with van der Waals surface area (Å²) in [4.78, 5) is 30.3. The van der Waals surface area contributed by atoms with Crippen LogP contribution in [0.15, 0.2) is 53.7 Å². The van der Waals surface area contributed by atoms with Crippen molar-refractivity contribution < 1.29 is 18.0 Å². The molecule has 1 atom stereocenters. The highest BCUT2D eigenvalue weighted by Gasteiger charge is 2.43. The first kappa shape index (κ1) is 26.3. The first-order valence-corrected chi connectivity index (χ1v) is 13.6. The van der Waals surface area contributed by atoms with Gasteiger partial charge in [-0.3, -0.25) is 18.9 Å². The van der Waals surface area contributed by atoms with Crippen LogP contribution in [-0.4, -0.2) is 37.8 Å². The summed E-state index contributed by atoms with van der Waals surface area (Å²) in [5.74, 6) is -0.944. The third-order valence-corrected chi connectivity index (χ3v) is 9.39. The van der Waals surface area contributed by atoms with Crippen LogP contribution in [0.1, 0.15) is 39.8 Å². The number of nitrogens with one attached hydrogen (secondary N) is 2. The van der Waals surface area contributed by atoms with Gasteiger partial charge in [0, 0.05) is 18.9 Å². The van der Waals surface area contributed by atoms with E-state index >= 15 is 0 Å². The number of amides is 2. The molecule has 1 aliphatic rings. The van der Waals surface area contributed by atoms with Crippen LogP contribution < -0.4 is 14.9 Å². The number of benzene rings is 2. The highest BCUT2D eigenvalue weighted by Crippen LogP contribution is 2.40. The molecular weight excluding hydrogens is 488 g/mol. The van der Waals surface area contributed by atoms with Gasteiger partial charge in [-0.1, -0.05) is 12.1 Å². The lowest BCUT2D eigenvalue weighted by molar-refractivity contribution is -0.125. The molecule has 0 bridgehead atoms. The van der Waals surface area contributed by atoms with Crippen molar-refractivity contribution in [2.45, 2.75) is 58.4 Å². The van der Waals surface area contributed by atoms with Gasteiger partial charge in [-0.2, -0.15) is 0 Å². The maximum atomic E-state index is 14.4. The van der Waals surface area contributed by atoms with E-state index in [1.807, 2.05) is 32.9 Å². The SMILES string of the molecule is Cc1c(C)c(C)c(S(=O)(=O)N2c3ccccc3NC(=O)[C@H]2CC(=O)NCCc2ccncc2)c(C)c1C. The van der Waals surface area contributed by atoms with E-state index in [2.05, 4.69) is 15.6 Å². The van der Waals surface area contributed by atoms with Crippen molar-refractivity contribution in [2.75, 3.05) is 16.2 Å². The van der Waals surface area contributed by atoms with Crippen LogP contribution in [0.3, 0.4) is 0 Å². The van der Waals surface area contributed by atoms with Gasteiger partial charge >= 0.3 is 0 Å². The normalized spacial score (nSPS) is 15.2. The number of nitrogens with zero attached hydrogens (tertiary/aromatic N) is 2. The van der Waals surface area contributed by atoms with E-state index < -0.39 is 27.9 Å². The molecule has 9 heteroatoms. The zero-order valence-electron chi connectivity index (χ0n) is 21.8. The Kier molecular flexibility index (Phi) is 7.36. The largest absolute Gasteiger partial charge is 0.356 e. The summed E-state index contributed by atoms with van der Waals surface area (Å²) in [5, 5.41) is 5.60. The molecule has 3 aromatic rings. The number of pyridine rings is 1. The van der Waals surface area contributed by atoms with Gasteiger partial charge in [-0.25, -0.2) is 8.42 Å². The topological polar surface area (TPSA) is 108 Å². The Morgan fingerprint density at radius 2 is 1.54 bits per heavy atom. The maximum Gasteiger partial charge on any atom is 0.265 e. The summed E-state index contributed by atoms with van der Waals surface area (Å²) < 4.78 is 29.8. The van der Waals surface area contributed by atoms with Crippen LogP contribution in [0.25, 0.3) is 0 Å². The molecule has 2 aromatic carbocycles. The second-order valence-electron chi connectivity index (χ2n) is 9.44. The van der Waals surface area contributed by atoms with Gasteiger partial charge in [0.1, 0.15) is 6.04 Å². The standard InChI is InChI=1S/C28H32N4O4S/c1-17-18(2)20(4)27(21(5)19(17)3)37(35,36)32-24-9-7-6-8-23(24)31-28(34)25(32)16-26(33)30-15-12-22-10-13-29-14-11-22/h6-11,13-14,25H,12,15-16H2,1-5H3,(H,30,33)(H,31,34)/t25-/m1/s1. The minimum absolute atomic E-state index is 0.181. The van der Waals surface area contributed by atoms with Gasteiger partial charge in [0.2, 0.25) is 11.8 Å². The average molecular weight is 521 g/mol. The number of fused-ring (bicyclic) bond motifs is 1. The van der Waals surface area contributed by atoms with E-state index in [1.54, 1.807) is 50.5 Å². The molecular formula is C28H32N4O4S.